The summed E-state index contributed by atoms with van der Waals surface area (Å²) in [5.74, 6) is -4.05. The number of fused-ring (bicyclic) bond motifs is 2. The Kier molecular flexibility index (Phi) is 3.88. The van der Waals surface area contributed by atoms with Crippen LogP contribution in [0.1, 0.15) is 22.8 Å². The molecule has 2 amide bonds. The number of aliphatic carboxylic acids is 1. The predicted molar refractivity (Wildman–Crippen MR) is 83.8 cm³/mol. The number of hydrogen-bond donors (Lipinski definition) is 3. The van der Waals surface area contributed by atoms with Gasteiger partial charge in [0.1, 0.15) is 5.92 Å². The third-order valence-electron chi connectivity index (χ3n) is 4.52. The number of aryl methyl sites for hydroxylation is 1. The second kappa shape index (κ2) is 5.76. The van der Waals surface area contributed by atoms with E-state index in [-0.39, 0.29) is 0 Å². The molecule has 7 heteroatoms. The minimum atomic E-state index is -1.10. The number of carbonyl (C=O) groups excluding carboxylic acids is 2. The molecule has 2 bridgehead atoms. The van der Waals surface area contributed by atoms with E-state index in [0.717, 1.165) is 5.56 Å². The van der Waals surface area contributed by atoms with E-state index >= 15 is 0 Å². The predicted octanol–water partition coefficient (Wildman–Crippen LogP) is 0.800. The van der Waals surface area contributed by atoms with Crippen LogP contribution in [0, 0.1) is 18.8 Å². The summed E-state index contributed by atoms with van der Waals surface area (Å²) in [6, 6.07) is 6.85. The van der Waals surface area contributed by atoms with Gasteiger partial charge in [0.25, 0.3) is 5.91 Å². The second-order valence-corrected chi connectivity index (χ2v) is 6.28. The lowest BCUT2D eigenvalue weighted by atomic mass is 9.76. The van der Waals surface area contributed by atoms with Crippen molar-refractivity contribution in [1.29, 1.82) is 0 Å². The maximum absolute atomic E-state index is 12.4. The Morgan fingerprint density at radius 3 is 2.46 bits per heavy atom. The first-order valence-corrected chi connectivity index (χ1v) is 7.59. The van der Waals surface area contributed by atoms with Crippen LogP contribution < -0.4 is 10.9 Å². The second-order valence-electron chi connectivity index (χ2n) is 6.28. The SMILES string of the molecule is Cc1ccc(C(=O)NNC(=O)[C@@H]2[C@@H](C(=O)O)[C@H]3C=C[C@@]2(C)O3)cc1. The summed E-state index contributed by atoms with van der Waals surface area (Å²) in [5, 5.41) is 9.37. The summed E-state index contributed by atoms with van der Waals surface area (Å²) < 4.78 is 5.61. The Hall–Kier alpha value is -2.67. The van der Waals surface area contributed by atoms with Gasteiger partial charge in [-0.1, -0.05) is 29.8 Å². The van der Waals surface area contributed by atoms with Crippen LogP contribution in [0.5, 0.6) is 0 Å². The van der Waals surface area contributed by atoms with Crippen molar-refractivity contribution in [3.05, 3.63) is 47.5 Å². The number of hydrogen-bond acceptors (Lipinski definition) is 4. The molecular weight excluding hydrogens is 312 g/mol. The lowest BCUT2D eigenvalue weighted by Gasteiger charge is -2.27. The van der Waals surface area contributed by atoms with E-state index in [0.29, 0.717) is 5.56 Å². The summed E-state index contributed by atoms with van der Waals surface area (Å²) in [6.07, 6.45) is 2.73. The summed E-state index contributed by atoms with van der Waals surface area (Å²) in [7, 11) is 0. The first-order valence-electron chi connectivity index (χ1n) is 7.59. The highest BCUT2D eigenvalue weighted by Gasteiger charge is 2.59. The fourth-order valence-corrected chi connectivity index (χ4v) is 3.25. The molecule has 3 rings (SSSR count). The normalized spacial score (nSPS) is 30.2. The maximum atomic E-state index is 12.4. The smallest absolute Gasteiger partial charge is 0.310 e. The molecule has 7 nitrogen and oxygen atoms in total. The van der Waals surface area contributed by atoms with Crippen molar-refractivity contribution in [2.24, 2.45) is 11.8 Å². The number of carboxylic acids is 1. The maximum Gasteiger partial charge on any atom is 0.310 e. The van der Waals surface area contributed by atoms with E-state index in [9.17, 15) is 19.5 Å². The largest absolute Gasteiger partial charge is 0.481 e. The van der Waals surface area contributed by atoms with Gasteiger partial charge in [-0.05, 0) is 26.0 Å². The van der Waals surface area contributed by atoms with Gasteiger partial charge in [0.05, 0.1) is 17.6 Å². The summed E-state index contributed by atoms with van der Waals surface area (Å²) in [6.45, 7) is 3.57. The molecule has 1 fully saturated rings. The number of carboxylic acid groups (broad SMARTS) is 1. The van der Waals surface area contributed by atoms with Crippen molar-refractivity contribution in [3.8, 4) is 0 Å². The number of nitrogens with one attached hydrogen (secondary N) is 2. The molecule has 1 aromatic rings. The molecule has 0 unspecified atom stereocenters. The molecule has 2 aliphatic heterocycles. The van der Waals surface area contributed by atoms with Gasteiger partial charge in [0.15, 0.2) is 0 Å². The van der Waals surface area contributed by atoms with Crippen molar-refractivity contribution in [3.63, 3.8) is 0 Å². The quantitative estimate of drug-likeness (QED) is 0.562. The minimum absolute atomic E-state index is 0.394. The van der Waals surface area contributed by atoms with Gasteiger partial charge >= 0.3 is 5.97 Å². The van der Waals surface area contributed by atoms with Crippen molar-refractivity contribution < 1.29 is 24.2 Å². The molecule has 0 radical (unpaired) electrons. The molecular formula is C17H18N2O5. The number of rotatable bonds is 3. The van der Waals surface area contributed by atoms with E-state index < -0.39 is 41.3 Å². The van der Waals surface area contributed by atoms with Crippen LogP contribution in [0.4, 0.5) is 0 Å². The van der Waals surface area contributed by atoms with Crippen molar-refractivity contribution in [2.75, 3.05) is 0 Å². The molecule has 0 aliphatic carbocycles. The molecule has 0 spiro atoms. The van der Waals surface area contributed by atoms with Crippen LogP contribution in [0.15, 0.2) is 36.4 Å². The van der Waals surface area contributed by atoms with Crippen LogP contribution in [0.25, 0.3) is 0 Å². The highest BCUT2D eigenvalue weighted by molar-refractivity contribution is 5.96. The van der Waals surface area contributed by atoms with E-state index in [2.05, 4.69) is 10.9 Å². The molecule has 3 N–H and O–H groups in total. The van der Waals surface area contributed by atoms with Crippen molar-refractivity contribution >= 4 is 17.8 Å². The molecule has 0 aromatic heterocycles. The standard InChI is InChI=1S/C17H18N2O5/c1-9-3-5-10(6-4-9)14(20)18-19-15(21)13-12(16(22)23)11-7-8-17(13,2)24-11/h3-8,11-13H,1-2H3,(H,18,20)(H,19,21)(H,22,23)/t11-,12+,13+,17-/m1/s1. The molecule has 1 aromatic carbocycles. The molecule has 2 aliphatic rings. The zero-order chi connectivity index (χ0) is 17.5. The molecule has 24 heavy (non-hydrogen) atoms. The number of hydrazine groups is 1. The molecule has 0 saturated carbocycles. The lowest BCUT2D eigenvalue weighted by molar-refractivity contribution is -0.147. The van der Waals surface area contributed by atoms with Gasteiger partial charge in [-0.2, -0.15) is 0 Å². The monoisotopic (exact) mass is 330 g/mol. The van der Waals surface area contributed by atoms with Crippen LogP contribution in [-0.2, 0) is 14.3 Å². The zero-order valence-corrected chi connectivity index (χ0v) is 13.3. The first kappa shape index (κ1) is 16.2. The van der Waals surface area contributed by atoms with E-state index in [1.54, 1.807) is 43.3 Å². The number of amides is 2. The average Bonchev–Trinajstić information content (AvgIpc) is 3.06. The average molecular weight is 330 g/mol. The third kappa shape index (κ3) is 2.67. The molecule has 2 heterocycles. The van der Waals surface area contributed by atoms with Crippen LogP contribution in [-0.4, -0.2) is 34.6 Å². The zero-order valence-electron chi connectivity index (χ0n) is 13.3. The van der Waals surface area contributed by atoms with Crippen LogP contribution >= 0.6 is 0 Å². The Bertz CT molecular complexity index is 727. The Morgan fingerprint density at radius 1 is 1.17 bits per heavy atom. The van der Waals surface area contributed by atoms with Crippen molar-refractivity contribution in [1.82, 2.24) is 10.9 Å². The highest BCUT2D eigenvalue weighted by atomic mass is 16.5. The number of ether oxygens (including phenoxy) is 1. The number of benzene rings is 1. The van der Waals surface area contributed by atoms with Gasteiger partial charge in [-0.3, -0.25) is 25.2 Å². The van der Waals surface area contributed by atoms with Gasteiger partial charge < -0.3 is 9.84 Å². The summed E-state index contributed by atoms with van der Waals surface area (Å²) >= 11 is 0. The molecule has 4 atom stereocenters. The Morgan fingerprint density at radius 2 is 1.83 bits per heavy atom. The van der Waals surface area contributed by atoms with Crippen LogP contribution in [0.2, 0.25) is 0 Å². The van der Waals surface area contributed by atoms with Crippen LogP contribution in [0.3, 0.4) is 0 Å². The topological polar surface area (TPSA) is 105 Å². The van der Waals surface area contributed by atoms with Gasteiger partial charge in [0, 0.05) is 5.56 Å². The Balaban J connectivity index is 1.68. The molecule has 126 valence electrons. The van der Waals surface area contributed by atoms with Gasteiger partial charge in [0.2, 0.25) is 5.91 Å². The first-order chi connectivity index (χ1) is 11.3. The van der Waals surface area contributed by atoms with E-state index in [1.165, 1.54) is 0 Å². The summed E-state index contributed by atoms with van der Waals surface area (Å²) in [4.78, 5) is 35.9. The van der Waals surface area contributed by atoms with Gasteiger partial charge in [-0.25, -0.2) is 0 Å². The highest BCUT2D eigenvalue weighted by Crippen LogP contribution is 2.46. The minimum Gasteiger partial charge on any atom is -0.481 e. The summed E-state index contributed by atoms with van der Waals surface area (Å²) in [5.41, 5.74) is 5.06. The lowest BCUT2D eigenvalue weighted by Crippen LogP contribution is -2.52. The fourth-order valence-electron chi connectivity index (χ4n) is 3.25. The number of carbonyl (C=O) groups is 3. The van der Waals surface area contributed by atoms with Gasteiger partial charge in [-0.15, -0.1) is 0 Å². The van der Waals surface area contributed by atoms with E-state index in [1.807, 2.05) is 6.92 Å². The Labute approximate surface area is 138 Å². The third-order valence-corrected chi connectivity index (χ3v) is 4.52. The van der Waals surface area contributed by atoms with Crippen molar-refractivity contribution in [2.45, 2.75) is 25.6 Å². The molecule has 1 saturated heterocycles. The van der Waals surface area contributed by atoms with E-state index in [4.69, 9.17) is 4.74 Å². The fraction of sp³-hybridized carbons (Fsp3) is 0.353.